The summed E-state index contributed by atoms with van der Waals surface area (Å²) in [5, 5.41) is 0. The molecule has 12 heteroatoms. The van der Waals surface area contributed by atoms with E-state index in [1.165, 1.54) is 11.1 Å². The Balaban J connectivity index is 1.56. The molecule has 2 aliphatic heterocycles. The number of fused-ring (bicyclic) bond motifs is 2. The number of para-hydroxylation sites is 2. The Morgan fingerprint density at radius 3 is 2.07 bits per heavy atom. The monoisotopic (exact) mass is 806 g/mol. The Kier molecular flexibility index (Phi) is 12.8. The van der Waals surface area contributed by atoms with Gasteiger partial charge in [-0.2, -0.15) is 21.4 Å². The van der Waals surface area contributed by atoms with E-state index in [0.717, 1.165) is 52.5 Å². The summed E-state index contributed by atoms with van der Waals surface area (Å²) in [5.41, 5.74) is 8.83. The highest BCUT2D eigenvalue weighted by molar-refractivity contribution is 7.86. The molecule has 2 aromatic carbocycles. The molecule has 304 valence electrons. The first kappa shape index (κ1) is 43.3. The predicted octanol–water partition coefficient (Wildman–Crippen LogP) is 8.51. The predicted molar refractivity (Wildman–Crippen MR) is 226 cm³/mol. The van der Waals surface area contributed by atoms with E-state index < -0.39 is 20.2 Å². The van der Waals surface area contributed by atoms with Crippen molar-refractivity contribution in [3.63, 3.8) is 0 Å². The lowest BCUT2D eigenvalue weighted by molar-refractivity contribution is -0.438. The van der Waals surface area contributed by atoms with E-state index in [0.29, 0.717) is 45.2 Å². The molecule has 0 aromatic heterocycles. The van der Waals surface area contributed by atoms with E-state index in [4.69, 9.17) is 0 Å². The molecule has 0 saturated carbocycles. The molecule has 1 amide bonds. The van der Waals surface area contributed by atoms with Crippen LogP contribution in [-0.4, -0.2) is 78.7 Å². The van der Waals surface area contributed by atoms with Crippen LogP contribution < -0.4 is 4.90 Å². The second-order valence-electron chi connectivity index (χ2n) is 17.6. The lowest BCUT2D eigenvalue weighted by atomic mass is 9.81. The molecule has 0 spiro atoms. The first-order chi connectivity index (χ1) is 26.0. The zero-order chi connectivity index (χ0) is 41.3. The van der Waals surface area contributed by atoms with E-state index in [1.807, 2.05) is 36.2 Å². The van der Waals surface area contributed by atoms with Crippen LogP contribution >= 0.6 is 0 Å². The first-order valence-electron chi connectivity index (χ1n) is 19.6. The van der Waals surface area contributed by atoms with Crippen molar-refractivity contribution >= 4 is 43.2 Å². The third-order valence-electron chi connectivity index (χ3n) is 11.2. The number of rotatable bonds is 15. The normalized spacial score (nSPS) is 19.5. The van der Waals surface area contributed by atoms with Gasteiger partial charge in [-0.05, 0) is 80.2 Å². The zero-order valence-corrected chi connectivity index (χ0v) is 35.9. The van der Waals surface area contributed by atoms with Crippen LogP contribution in [0.15, 0.2) is 95.4 Å². The number of likely N-dealkylation sites (N-methyl/N-ethyl adjacent to an activating group) is 1. The largest absolute Gasteiger partial charge is 0.344 e. The van der Waals surface area contributed by atoms with Gasteiger partial charge in [-0.3, -0.25) is 13.9 Å². The topological polar surface area (TPSA) is 135 Å². The van der Waals surface area contributed by atoms with Crippen molar-refractivity contribution in [3.8, 4) is 0 Å². The SMILES string of the molecule is CN(C(=O)CC(C)(C)C)C1=C(/C=C/C2=[N+](CCCCS(=O)(=O)O)c3ccccc3C2(C)C)CC/C1=C\C=C1\N(CCCCS(=O)(=O)O)c2ccccc2C1(C)C. The summed E-state index contributed by atoms with van der Waals surface area (Å²) in [5.74, 6) is -0.514. The van der Waals surface area contributed by atoms with Crippen molar-refractivity contribution in [1.82, 2.24) is 4.90 Å². The lowest BCUT2D eigenvalue weighted by Crippen LogP contribution is -2.30. The molecule has 0 radical (unpaired) electrons. The standard InChI is InChI=1S/C44H59N3O7S2/c1-42(2,3)31-40(48)45(8)41-32(23-25-38-43(4,5)34-17-9-11-19-36(34)46(38)27-13-15-29-55(49,50)51)21-22-33(41)24-26-39-44(6,7)35-18-10-12-20-37(35)47(39)28-14-16-30-56(52,53)54/h9-12,17-20,23-26H,13-16,21-22,27-31H2,1-8H3,(H-,49,50,51,52,53,54)/p+1. The molecular formula is C44H60N3O7S2+. The number of hydrogen-bond donors (Lipinski definition) is 2. The maximum absolute atomic E-state index is 13.9. The van der Waals surface area contributed by atoms with Gasteiger partial charge in [-0.25, -0.2) is 0 Å². The summed E-state index contributed by atoms with van der Waals surface area (Å²) >= 11 is 0. The molecule has 10 nitrogen and oxygen atoms in total. The maximum atomic E-state index is 13.9. The van der Waals surface area contributed by atoms with Gasteiger partial charge in [-0.15, -0.1) is 0 Å². The van der Waals surface area contributed by atoms with Crippen LogP contribution in [0.5, 0.6) is 0 Å². The van der Waals surface area contributed by atoms with Crippen LogP contribution in [0.3, 0.4) is 0 Å². The first-order valence-corrected chi connectivity index (χ1v) is 22.8. The van der Waals surface area contributed by atoms with Crippen molar-refractivity contribution in [2.45, 2.75) is 104 Å². The Morgan fingerprint density at radius 2 is 1.43 bits per heavy atom. The number of unbranched alkanes of at least 4 members (excludes halogenated alkanes) is 2. The van der Waals surface area contributed by atoms with Gasteiger partial charge in [0, 0.05) is 66.6 Å². The Labute approximate surface area is 334 Å². The number of nitrogens with zero attached hydrogens (tertiary/aromatic N) is 3. The van der Waals surface area contributed by atoms with E-state index in [-0.39, 0.29) is 33.7 Å². The second kappa shape index (κ2) is 16.6. The summed E-state index contributed by atoms with van der Waals surface area (Å²) in [6, 6.07) is 16.5. The van der Waals surface area contributed by atoms with E-state index in [9.17, 15) is 30.7 Å². The highest BCUT2D eigenvalue weighted by atomic mass is 32.2. The number of anilines is 1. The fraction of sp³-hybridized carbons (Fsp3) is 0.500. The number of carbonyl (C=O) groups is 1. The molecule has 3 aliphatic rings. The molecule has 56 heavy (non-hydrogen) atoms. The minimum Gasteiger partial charge on any atom is -0.344 e. The van der Waals surface area contributed by atoms with Crippen LogP contribution in [0, 0.1) is 5.41 Å². The molecule has 0 fully saturated rings. The van der Waals surface area contributed by atoms with Crippen molar-refractivity contribution in [2.75, 3.05) is 36.5 Å². The number of hydrogen-bond acceptors (Lipinski definition) is 6. The van der Waals surface area contributed by atoms with Crippen molar-refractivity contribution < 1.29 is 35.3 Å². The van der Waals surface area contributed by atoms with Crippen molar-refractivity contribution in [1.29, 1.82) is 0 Å². The molecule has 0 atom stereocenters. The van der Waals surface area contributed by atoms with Crippen LogP contribution in [0.4, 0.5) is 11.4 Å². The van der Waals surface area contributed by atoms with E-state index in [1.54, 1.807) is 0 Å². The van der Waals surface area contributed by atoms with Gasteiger partial charge in [0.2, 0.25) is 11.6 Å². The summed E-state index contributed by atoms with van der Waals surface area (Å²) in [4.78, 5) is 18.0. The minimum absolute atomic E-state index is 0.0367. The van der Waals surface area contributed by atoms with Gasteiger partial charge >= 0.3 is 0 Å². The Hall–Kier alpha value is -3.84. The maximum Gasteiger partial charge on any atom is 0.264 e. The van der Waals surface area contributed by atoms with Gasteiger partial charge < -0.3 is 9.80 Å². The quantitative estimate of drug-likeness (QED) is 0.104. The summed E-state index contributed by atoms with van der Waals surface area (Å²) in [6.45, 7) is 16.2. The second-order valence-corrected chi connectivity index (χ2v) is 20.7. The molecule has 0 bridgehead atoms. The van der Waals surface area contributed by atoms with Gasteiger partial charge in [0.25, 0.3) is 20.2 Å². The van der Waals surface area contributed by atoms with Crippen LogP contribution in [0.25, 0.3) is 0 Å². The van der Waals surface area contributed by atoms with Gasteiger partial charge in [0.1, 0.15) is 6.54 Å². The fourth-order valence-electron chi connectivity index (χ4n) is 8.40. The Morgan fingerprint density at radius 1 is 0.821 bits per heavy atom. The summed E-state index contributed by atoms with van der Waals surface area (Å²) in [7, 11) is -6.21. The van der Waals surface area contributed by atoms with Crippen LogP contribution in [-0.2, 0) is 35.9 Å². The number of allylic oxidation sites excluding steroid dienone is 7. The number of carbonyl (C=O) groups excluding carboxylic acids is 1. The molecule has 2 aromatic rings. The van der Waals surface area contributed by atoms with Gasteiger partial charge in [-0.1, -0.05) is 83.2 Å². The molecule has 0 saturated heterocycles. The molecule has 2 N–H and O–H groups in total. The summed E-state index contributed by atoms with van der Waals surface area (Å²) < 4.78 is 66.7. The number of benzene rings is 2. The molecule has 5 rings (SSSR count). The average Bonchev–Trinajstić information content (AvgIpc) is 3.66. The Bertz CT molecular complexity index is 2220. The highest BCUT2D eigenvalue weighted by Gasteiger charge is 2.44. The zero-order valence-electron chi connectivity index (χ0n) is 34.3. The third-order valence-corrected chi connectivity index (χ3v) is 12.8. The lowest BCUT2D eigenvalue weighted by Gasteiger charge is -2.28. The fourth-order valence-corrected chi connectivity index (χ4v) is 9.53. The molecule has 2 heterocycles. The smallest absolute Gasteiger partial charge is 0.264 e. The van der Waals surface area contributed by atoms with Crippen LogP contribution in [0.1, 0.15) is 105 Å². The summed E-state index contributed by atoms with van der Waals surface area (Å²) in [6.07, 6.45) is 12.3. The third kappa shape index (κ3) is 9.99. The molecule has 1 aliphatic carbocycles. The highest BCUT2D eigenvalue weighted by Crippen LogP contribution is 2.48. The van der Waals surface area contributed by atoms with Gasteiger partial charge in [0.05, 0.1) is 16.9 Å². The number of amides is 1. The van der Waals surface area contributed by atoms with Crippen LogP contribution in [0.2, 0.25) is 0 Å². The molecular weight excluding hydrogens is 747 g/mol. The van der Waals surface area contributed by atoms with Crippen molar-refractivity contribution in [3.05, 3.63) is 107 Å². The van der Waals surface area contributed by atoms with Gasteiger partial charge in [0.15, 0.2) is 5.71 Å². The minimum atomic E-state index is -4.04. The van der Waals surface area contributed by atoms with E-state index >= 15 is 0 Å². The van der Waals surface area contributed by atoms with Crippen molar-refractivity contribution in [2.24, 2.45) is 5.41 Å². The molecule has 0 unspecified atom stereocenters. The van der Waals surface area contributed by atoms with E-state index in [2.05, 4.69) is 107 Å². The average molecular weight is 807 g/mol.